The Hall–Kier alpha value is -0.220. The Kier molecular flexibility index (Phi) is 3.23. The Bertz CT molecular complexity index is 279. The van der Waals surface area contributed by atoms with Crippen molar-refractivity contribution in [3.8, 4) is 0 Å². The molecule has 0 bridgehead atoms. The van der Waals surface area contributed by atoms with Crippen molar-refractivity contribution in [2.75, 3.05) is 25.1 Å². The standard InChI is InChI=1S/C12H22N2OS/c1-12(2)8-6-14(7-9(8)12)11(15)10(13)4-5-16-3/h8-10H,4-7,13H2,1-3H3/t8?,9?,10-/m0/s1. The number of carbonyl (C=O) groups is 1. The second kappa shape index (κ2) is 4.22. The zero-order valence-electron chi connectivity index (χ0n) is 10.4. The number of nitrogens with zero attached hydrogens (tertiary/aromatic N) is 1. The average molecular weight is 242 g/mol. The summed E-state index contributed by atoms with van der Waals surface area (Å²) in [7, 11) is 0. The number of piperidine rings is 1. The minimum absolute atomic E-state index is 0.164. The minimum Gasteiger partial charge on any atom is -0.341 e. The Balaban J connectivity index is 1.81. The summed E-state index contributed by atoms with van der Waals surface area (Å²) in [6, 6.07) is -0.284. The number of hydrogen-bond donors (Lipinski definition) is 1. The van der Waals surface area contributed by atoms with Crippen molar-refractivity contribution >= 4 is 17.7 Å². The minimum atomic E-state index is -0.284. The van der Waals surface area contributed by atoms with Gasteiger partial charge in [-0.3, -0.25) is 4.79 Å². The number of fused-ring (bicyclic) bond motifs is 1. The topological polar surface area (TPSA) is 46.3 Å². The second-order valence-corrected chi connectivity index (χ2v) is 6.65. The van der Waals surface area contributed by atoms with Crippen molar-refractivity contribution in [3.63, 3.8) is 0 Å². The molecule has 0 radical (unpaired) electrons. The molecule has 1 aliphatic carbocycles. The first kappa shape index (κ1) is 12.2. The molecule has 4 heteroatoms. The first-order chi connectivity index (χ1) is 7.48. The number of nitrogens with two attached hydrogens (primary N) is 1. The van der Waals surface area contributed by atoms with Crippen molar-refractivity contribution in [1.82, 2.24) is 4.90 Å². The summed E-state index contributed by atoms with van der Waals surface area (Å²) >= 11 is 1.75. The van der Waals surface area contributed by atoms with Gasteiger partial charge >= 0.3 is 0 Å². The van der Waals surface area contributed by atoms with E-state index < -0.39 is 0 Å². The van der Waals surface area contributed by atoms with Crippen molar-refractivity contribution < 1.29 is 4.79 Å². The van der Waals surface area contributed by atoms with Crippen LogP contribution in [-0.4, -0.2) is 41.9 Å². The number of hydrogen-bond acceptors (Lipinski definition) is 3. The molecular weight excluding hydrogens is 220 g/mol. The molecule has 16 heavy (non-hydrogen) atoms. The van der Waals surface area contributed by atoms with Crippen molar-refractivity contribution in [2.45, 2.75) is 26.3 Å². The fourth-order valence-electron chi connectivity index (χ4n) is 2.91. The Morgan fingerprint density at radius 3 is 2.56 bits per heavy atom. The third-order valence-electron chi connectivity index (χ3n) is 4.38. The van der Waals surface area contributed by atoms with Gasteiger partial charge in [0.15, 0.2) is 0 Å². The lowest BCUT2D eigenvalue weighted by atomic mass is 10.1. The molecule has 0 aromatic rings. The maximum atomic E-state index is 12.0. The zero-order valence-corrected chi connectivity index (χ0v) is 11.2. The van der Waals surface area contributed by atoms with E-state index in [0.29, 0.717) is 5.41 Å². The smallest absolute Gasteiger partial charge is 0.239 e. The molecule has 2 rings (SSSR count). The van der Waals surface area contributed by atoms with Crippen LogP contribution in [0.25, 0.3) is 0 Å². The van der Waals surface area contributed by atoms with Gasteiger partial charge in [0.2, 0.25) is 5.91 Å². The van der Waals surface area contributed by atoms with Crippen molar-refractivity contribution in [3.05, 3.63) is 0 Å². The summed E-state index contributed by atoms with van der Waals surface area (Å²) in [5.74, 6) is 2.59. The predicted octanol–water partition coefficient (Wildman–Crippen LogP) is 1.18. The molecule has 3 nitrogen and oxygen atoms in total. The molecule has 2 N–H and O–H groups in total. The van der Waals surface area contributed by atoms with Gasteiger partial charge in [-0.2, -0.15) is 11.8 Å². The summed E-state index contributed by atoms with van der Waals surface area (Å²) < 4.78 is 0. The summed E-state index contributed by atoms with van der Waals surface area (Å²) in [6.07, 6.45) is 2.85. The third kappa shape index (κ3) is 1.97. The number of thioether (sulfide) groups is 1. The monoisotopic (exact) mass is 242 g/mol. The van der Waals surface area contributed by atoms with E-state index in [-0.39, 0.29) is 11.9 Å². The predicted molar refractivity (Wildman–Crippen MR) is 68.3 cm³/mol. The first-order valence-corrected chi connectivity index (χ1v) is 7.41. The average Bonchev–Trinajstić information content (AvgIpc) is 2.69. The van der Waals surface area contributed by atoms with E-state index in [1.54, 1.807) is 11.8 Å². The molecule has 2 unspecified atom stereocenters. The normalized spacial score (nSPS) is 32.4. The third-order valence-corrected chi connectivity index (χ3v) is 5.03. The van der Waals surface area contributed by atoms with Crippen LogP contribution in [0.2, 0.25) is 0 Å². The molecule has 2 aliphatic rings. The van der Waals surface area contributed by atoms with E-state index in [4.69, 9.17) is 5.73 Å². The molecule has 2 fully saturated rings. The molecular formula is C12H22N2OS. The molecule has 92 valence electrons. The molecule has 0 aromatic heterocycles. The van der Waals surface area contributed by atoms with E-state index in [9.17, 15) is 4.79 Å². The lowest BCUT2D eigenvalue weighted by molar-refractivity contribution is -0.132. The highest BCUT2D eigenvalue weighted by Crippen LogP contribution is 2.61. The lowest BCUT2D eigenvalue weighted by Crippen LogP contribution is -2.44. The van der Waals surface area contributed by atoms with Gasteiger partial charge in [0.1, 0.15) is 0 Å². The van der Waals surface area contributed by atoms with E-state index in [0.717, 1.165) is 37.1 Å². The molecule has 1 amide bonds. The Morgan fingerprint density at radius 1 is 1.50 bits per heavy atom. The van der Waals surface area contributed by atoms with Gasteiger partial charge in [0.25, 0.3) is 0 Å². The number of rotatable bonds is 4. The van der Waals surface area contributed by atoms with Crippen molar-refractivity contribution in [1.29, 1.82) is 0 Å². The van der Waals surface area contributed by atoms with Crippen LogP contribution in [0.1, 0.15) is 20.3 Å². The summed E-state index contributed by atoms with van der Waals surface area (Å²) in [5, 5.41) is 0. The van der Waals surface area contributed by atoms with Crippen LogP contribution in [0.3, 0.4) is 0 Å². The van der Waals surface area contributed by atoms with Gasteiger partial charge in [-0.15, -0.1) is 0 Å². The summed E-state index contributed by atoms with van der Waals surface area (Å²) in [4.78, 5) is 14.0. The van der Waals surface area contributed by atoms with Gasteiger partial charge < -0.3 is 10.6 Å². The fraction of sp³-hybridized carbons (Fsp3) is 0.917. The summed E-state index contributed by atoms with van der Waals surface area (Å²) in [6.45, 7) is 6.47. The number of amides is 1. The van der Waals surface area contributed by atoms with Crippen LogP contribution in [0, 0.1) is 17.3 Å². The zero-order chi connectivity index (χ0) is 11.9. The highest BCUT2D eigenvalue weighted by atomic mass is 32.2. The van der Waals surface area contributed by atoms with E-state index in [2.05, 4.69) is 13.8 Å². The van der Waals surface area contributed by atoms with Crippen LogP contribution < -0.4 is 5.73 Å². The molecule has 0 spiro atoms. The Labute approximate surface area is 102 Å². The van der Waals surface area contributed by atoms with Crippen LogP contribution in [0.15, 0.2) is 0 Å². The quantitative estimate of drug-likeness (QED) is 0.805. The van der Waals surface area contributed by atoms with Crippen LogP contribution in [0.5, 0.6) is 0 Å². The fourth-order valence-corrected chi connectivity index (χ4v) is 3.40. The van der Waals surface area contributed by atoms with Crippen molar-refractivity contribution in [2.24, 2.45) is 23.0 Å². The molecule has 1 saturated heterocycles. The lowest BCUT2D eigenvalue weighted by Gasteiger charge is -2.25. The molecule has 3 atom stereocenters. The number of carbonyl (C=O) groups excluding carboxylic acids is 1. The van der Waals surface area contributed by atoms with Crippen LogP contribution in [0.4, 0.5) is 0 Å². The van der Waals surface area contributed by atoms with E-state index in [1.807, 2.05) is 11.2 Å². The Morgan fingerprint density at radius 2 is 2.06 bits per heavy atom. The van der Waals surface area contributed by atoms with E-state index in [1.165, 1.54) is 0 Å². The molecule has 0 aromatic carbocycles. The maximum Gasteiger partial charge on any atom is 0.239 e. The van der Waals surface area contributed by atoms with E-state index >= 15 is 0 Å². The van der Waals surface area contributed by atoms with Crippen LogP contribution >= 0.6 is 11.8 Å². The van der Waals surface area contributed by atoms with Crippen LogP contribution in [-0.2, 0) is 4.79 Å². The van der Waals surface area contributed by atoms with Gasteiger partial charge in [-0.05, 0) is 35.7 Å². The maximum absolute atomic E-state index is 12.0. The van der Waals surface area contributed by atoms with Gasteiger partial charge in [-0.25, -0.2) is 0 Å². The first-order valence-electron chi connectivity index (χ1n) is 6.01. The van der Waals surface area contributed by atoms with Gasteiger partial charge in [0, 0.05) is 13.1 Å². The van der Waals surface area contributed by atoms with Gasteiger partial charge in [0.05, 0.1) is 6.04 Å². The van der Waals surface area contributed by atoms with Gasteiger partial charge in [-0.1, -0.05) is 13.8 Å². The molecule has 1 aliphatic heterocycles. The summed E-state index contributed by atoms with van der Waals surface area (Å²) in [5.41, 5.74) is 6.38. The molecule has 1 saturated carbocycles. The highest BCUT2D eigenvalue weighted by molar-refractivity contribution is 7.98. The number of likely N-dealkylation sites (tertiary alicyclic amines) is 1. The SMILES string of the molecule is CSCC[C@H](N)C(=O)N1CC2C(C1)C2(C)C. The molecule has 1 heterocycles. The second-order valence-electron chi connectivity index (χ2n) is 5.67. The largest absolute Gasteiger partial charge is 0.341 e. The highest BCUT2D eigenvalue weighted by Gasteiger charge is 2.62.